The van der Waals surface area contributed by atoms with Crippen molar-refractivity contribution in [2.45, 2.75) is 12.8 Å². The second-order valence-electron chi connectivity index (χ2n) is 7.98. The minimum Gasteiger partial charge on any atom is -0.478 e. The third-order valence-corrected chi connectivity index (χ3v) is 5.08. The first kappa shape index (κ1) is 29.7. The standard InChI is InChI=1S/C25H23N3O5.CH4O3S/c1-33-22(29)13-7-15-6-12-19(18-4-2-3-5-20(18)25(31)32)21(14-15)24(30)28-17-10-8-16(9-11-17)23(26)27;1-5(2,3)4/h2-6,8-12,14H,7,13H2,1H3,(H3,26,27)(H,28,30)(H,31,32);1H3,(H,2,3,4). The van der Waals surface area contributed by atoms with Gasteiger partial charge in [0.1, 0.15) is 5.84 Å². The summed E-state index contributed by atoms with van der Waals surface area (Å²) < 4.78 is 30.6. The number of carbonyl (C=O) groups excluding carboxylic acids is 2. The average Bonchev–Trinajstić information content (AvgIpc) is 2.86. The molecule has 0 bridgehead atoms. The van der Waals surface area contributed by atoms with Crippen LogP contribution < -0.4 is 11.1 Å². The van der Waals surface area contributed by atoms with Gasteiger partial charge in [-0.15, -0.1) is 0 Å². The third kappa shape index (κ3) is 9.15. The fraction of sp³-hybridized carbons (Fsp3) is 0.154. The van der Waals surface area contributed by atoms with E-state index in [-0.39, 0.29) is 29.4 Å². The summed E-state index contributed by atoms with van der Waals surface area (Å²) in [5, 5.41) is 19.9. The molecule has 0 fully saturated rings. The van der Waals surface area contributed by atoms with Gasteiger partial charge < -0.3 is 20.9 Å². The van der Waals surface area contributed by atoms with Gasteiger partial charge in [0.15, 0.2) is 0 Å². The number of aromatic carboxylic acids is 1. The molecule has 3 aromatic rings. The van der Waals surface area contributed by atoms with E-state index in [4.69, 9.17) is 15.7 Å². The summed E-state index contributed by atoms with van der Waals surface area (Å²) in [6.07, 6.45) is 1.23. The Hall–Kier alpha value is -4.55. The Labute approximate surface area is 219 Å². The van der Waals surface area contributed by atoms with Crippen molar-refractivity contribution in [3.05, 3.63) is 89.0 Å². The summed E-state index contributed by atoms with van der Waals surface area (Å²) in [7, 11) is -2.36. The molecule has 12 heteroatoms. The summed E-state index contributed by atoms with van der Waals surface area (Å²) in [5.41, 5.74) is 8.40. The zero-order chi connectivity index (χ0) is 28.5. The lowest BCUT2D eigenvalue weighted by molar-refractivity contribution is -0.140. The van der Waals surface area contributed by atoms with E-state index < -0.39 is 22.0 Å². The Morgan fingerprint density at radius 3 is 2.11 bits per heavy atom. The molecule has 6 N–H and O–H groups in total. The van der Waals surface area contributed by atoms with E-state index in [0.717, 1.165) is 5.56 Å². The molecule has 0 atom stereocenters. The highest BCUT2D eigenvalue weighted by molar-refractivity contribution is 7.85. The van der Waals surface area contributed by atoms with Crippen LogP contribution in [0.4, 0.5) is 5.69 Å². The van der Waals surface area contributed by atoms with Crippen LogP contribution in [0.25, 0.3) is 11.1 Å². The van der Waals surface area contributed by atoms with Crippen molar-refractivity contribution in [1.29, 1.82) is 5.41 Å². The SMILES string of the molecule is COC(=O)CCc1ccc(-c2ccccc2C(=O)O)c(C(=O)Nc2ccc(C(=N)N)cc2)c1.CS(=O)(=O)O. The number of carboxylic acid groups (broad SMARTS) is 1. The number of methoxy groups -OCH3 is 1. The highest BCUT2D eigenvalue weighted by atomic mass is 32.2. The van der Waals surface area contributed by atoms with Crippen LogP contribution in [-0.4, -0.2) is 55.1 Å². The first-order valence-corrected chi connectivity index (χ1v) is 12.9. The lowest BCUT2D eigenvalue weighted by Gasteiger charge is -2.14. The number of rotatable bonds is 8. The minimum atomic E-state index is -3.67. The molecule has 200 valence electrons. The number of nitrogens with two attached hydrogens (primary N) is 1. The molecule has 11 nitrogen and oxygen atoms in total. The van der Waals surface area contributed by atoms with Crippen molar-refractivity contribution in [3.8, 4) is 11.1 Å². The van der Waals surface area contributed by atoms with Gasteiger partial charge >= 0.3 is 11.9 Å². The molecule has 38 heavy (non-hydrogen) atoms. The molecule has 0 aromatic heterocycles. The molecule has 0 saturated carbocycles. The van der Waals surface area contributed by atoms with Gasteiger partial charge in [0.25, 0.3) is 16.0 Å². The van der Waals surface area contributed by atoms with E-state index in [1.165, 1.54) is 13.2 Å². The molecule has 0 unspecified atom stereocenters. The molecule has 0 radical (unpaired) electrons. The minimum absolute atomic E-state index is 0.0691. The second-order valence-corrected chi connectivity index (χ2v) is 9.45. The Bertz CT molecular complexity index is 1440. The first-order chi connectivity index (χ1) is 17.8. The van der Waals surface area contributed by atoms with Crippen LogP contribution in [0.15, 0.2) is 66.7 Å². The number of esters is 1. The van der Waals surface area contributed by atoms with Crippen molar-refractivity contribution in [2.75, 3.05) is 18.7 Å². The number of hydrogen-bond acceptors (Lipinski definition) is 7. The topological polar surface area (TPSA) is 197 Å². The molecule has 0 heterocycles. The number of amidine groups is 1. The normalized spacial score (nSPS) is 10.5. The summed E-state index contributed by atoms with van der Waals surface area (Å²) in [6.45, 7) is 0. The van der Waals surface area contributed by atoms with Gasteiger partial charge in [-0.1, -0.05) is 30.3 Å². The number of aryl methyl sites for hydroxylation is 1. The zero-order valence-corrected chi connectivity index (χ0v) is 21.4. The Morgan fingerprint density at radius 1 is 0.974 bits per heavy atom. The number of ether oxygens (including phenoxy) is 1. The molecule has 0 spiro atoms. The van der Waals surface area contributed by atoms with E-state index >= 15 is 0 Å². The largest absolute Gasteiger partial charge is 0.478 e. The van der Waals surface area contributed by atoms with Crippen LogP contribution >= 0.6 is 0 Å². The van der Waals surface area contributed by atoms with Crippen molar-refractivity contribution in [2.24, 2.45) is 5.73 Å². The number of nitrogens with one attached hydrogen (secondary N) is 2. The zero-order valence-electron chi connectivity index (χ0n) is 20.6. The number of nitrogen functional groups attached to an aromatic ring is 1. The first-order valence-electron chi connectivity index (χ1n) is 11.0. The Morgan fingerprint density at radius 2 is 1.55 bits per heavy atom. The van der Waals surface area contributed by atoms with Crippen molar-refractivity contribution >= 4 is 39.5 Å². The quantitative estimate of drug-likeness (QED) is 0.123. The number of carbonyl (C=O) groups is 3. The van der Waals surface area contributed by atoms with Crippen molar-refractivity contribution in [1.82, 2.24) is 0 Å². The molecule has 0 saturated heterocycles. The van der Waals surface area contributed by atoms with Crippen molar-refractivity contribution < 1.29 is 37.2 Å². The lowest BCUT2D eigenvalue weighted by Crippen LogP contribution is -2.15. The molecule has 0 aliphatic heterocycles. The smallest absolute Gasteiger partial charge is 0.336 e. The summed E-state index contributed by atoms with van der Waals surface area (Å²) in [6, 6.07) is 18.0. The van der Waals surface area contributed by atoms with Crippen LogP contribution in [0.5, 0.6) is 0 Å². The number of anilines is 1. The Balaban J connectivity index is 0.000000926. The summed E-state index contributed by atoms with van der Waals surface area (Å²) in [5.74, 6) is -2.00. The maximum Gasteiger partial charge on any atom is 0.336 e. The van der Waals surface area contributed by atoms with Crippen LogP contribution in [-0.2, 0) is 26.1 Å². The van der Waals surface area contributed by atoms with Gasteiger partial charge in [0, 0.05) is 23.2 Å². The van der Waals surface area contributed by atoms with Gasteiger partial charge in [0.05, 0.1) is 18.9 Å². The highest BCUT2D eigenvalue weighted by Crippen LogP contribution is 2.29. The fourth-order valence-electron chi connectivity index (χ4n) is 3.35. The number of benzene rings is 3. The molecule has 1 amide bonds. The molecule has 0 aliphatic carbocycles. The number of hydrogen-bond donors (Lipinski definition) is 5. The van der Waals surface area contributed by atoms with E-state index in [1.54, 1.807) is 60.7 Å². The van der Waals surface area contributed by atoms with Crippen LogP contribution in [0, 0.1) is 5.41 Å². The molecular weight excluding hydrogens is 514 g/mol. The van der Waals surface area contributed by atoms with Crippen LogP contribution in [0.2, 0.25) is 0 Å². The van der Waals surface area contributed by atoms with Gasteiger partial charge in [-0.2, -0.15) is 8.42 Å². The maximum absolute atomic E-state index is 13.2. The molecule has 3 rings (SSSR count). The molecule has 0 aliphatic rings. The number of amides is 1. The van der Waals surface area contributed by atoms with E-state index in [9.17, 15) is 27.9 Å². The van der Waals surface area contributed by atoms with E-state index in [2.05, 4.69) is 10.1 Å². The van der Waals surface area contributed by atoms with Gasteiger partial charge in [-0.3, -0.25) is 19.6 Å². The maximum atomic E-state index is 13.2. The van der Waals surface area contributed by atoms with E-state index in [0.29, 0.717) is 35.1 Å². The van der Waals surface area contributed by atoms with Crippen LogP contribution in [0.1, 0.15) is 38.3 Å². The summed E-state index contributed by atoms with van der Waals surface area (Å²) in [4.78, 5) is 36.5. The predicted octanol–water partition coefficient (Wildman–Crippen LogP) is 3.20. The van der Waals surface area contributed by atoms with Gasteiger partial charge in [-0.25, -0.2) is 4.79 Å². The summed E-state index contributed by atoms with van der Waals surface area (Å²) >= 11 is 0. The molecule has 3 aromatic carbocycles. The fourth-order valence-corrected chi connectivity index (χ4v) is 3.35. The monoisotopic (exact) mass is 541 g/mol. The average molecular weight is 542 g/mol. The van der Waals surface area contributed by atoms with E-state index in [1.807, 2.05) is 0 Å². The third-order valence-electron chi connectivity index (χ3n) is 5.08. The van der Waals surface area contributed by atoms with Gasteiger partial charge in [-0.05, 0) is 59.5 Å². The lowest BCUT2D eigenvalue weighted by atomic mass is 9.92. The highest BCUT2D eigenvalue weighted by Gasteiger charge is 2.19. The van der Waals surface area contributed by atoms with Crippen molar-refractivity contribution in [3.63, 3.8) is 0 Å². The Kier molecular flexibility index (Phi) is 10.3. The number of carboxylic acids is 1. The molecular formula is C26H27N3O8S. The predicted molar refractivity (Wildman–Crippen MR) is 142 cm³/mol. The second kappa shape index (κ2) is 13.1. The van der Waals surface area contributed by atoms with Gasteiger partial charge in [0.2, 0.25) is 0 Å². The van der Waals surface area contributed by atoms with Crippen LogP contribution in [0.3, 0.4) is 0 Å².